The number of aromatic nitrogens is 1. The molecule has 0 aliphatic carbocycles. The molecule has 1 heterocycles. The van der Waals surface area contributed by atoms with Crippen LogP contribution in [-0.2, 0) is 16.1 Å². The van der Waals surface area contributed by atoms with Crippen molar-refractivity contribution in [1.82, 2.24) is 9.88 Å². The molecule has 2 amide bonds. The van der Waals surface area contributed by atoms with Crippen LogP contribution in [0.25, 0.3) is 0 Å². The van der Waals surface area contributed by atoms with Gasteiger partial charge in [-0.2, -0.15) is 0 Å². The number of thiazole rings is 1. The van der Waals surface area contributed by atoms with Gasteiger partial charge in [-0.3, -0.25) is 9.59 Å². The zero-order valence-electron chi connectivity index (χ0n) is 9.84. The summed E-state index contributed by atoms with van der Waals surface area (Å²) < 4.78 is 0. The molecule has 0 aromatic carbocycles. The Balaban J connectivity index is 2.55. The molecule has 0 saturated heterocycles. The number of nitrogens with zero attached hydrogens (tertiary/aromatic N) is 2. The fourth-order valence-electron chi connectivity index (χ4n) is 1.39. The predicted molar refractivity (Wildman–Crippen MR) is 65.1 cm³/mol. The summed E-state index contributed by atoms with van der Waals surface area (Å²) in [4.78, 5) is 28.1. The molecule has 1 aromatic heterocycles. The first-order chi connectivity index (χ1) is 7.90. The van der Waals surface area contributed by atoms with Crippen LogP contribution in [0.1, 0.15) is 17.1 Å². The van der Waals surface area contributed by atoms with Crippen molar-refractivity contribution in [1.29, 1.82) is 0 Å². The van der Waals surface area contributed by atoms with Crippen LogP contribution in [0.3, 0.4) is 0 Å². The summed E-state index contributed by atoms with van der Waals surface area (Å²) in [5, 5.41) is 2.83. The molecule has 0 fully saturated rings. The van der Waals surface area contributed by atoms with E-state index in [1.807, 2.05) is 12.3 Å². The largest absolute Gasteiger partial charge is 0.370 e. The van der Waals surface area contributed by atoms with Crippen molar-refractivity contribution in [2.75, 3.05) is 7.05 Å². The number of hydrogen-bond donors (Lipinski definition) is 2. The van der Waals surface area contributed by atoms with E-state index in [1.54, 1.807) is 7.05 Å². The molecule has 1 rings (SSSR count). The third-order valence-electron chi connectivity index (χ3n) is 2.18. The maximum atomic E-state index is 11.8. The molecule has 6 nitrogen and oxygen atoms in total. The Morgan fingerprint density at radius 1 is 1.59 bits per heavy atom. The number of carbonyl (C=O) groups excluding carboxylic acids is 2. The smallest absolute Gasteiger partial charge is 0.240 e. The highest BCUT2D eigenvalue weighted by Gasteiger charge is 2.20. The van der Waals surface area contributed by atoms with E-state index in [0.29, 0.717) is 6.54 Å². The minimum atomic E-state index is -0.878. The molecule has 17 heavy (non-hydrogen) atoms. The van der Waals surface area contributed by atoms with Gasteiger partial charge in [-0.15, -0.1) is 11.3 Å². The van der Waals surface area contributed by atoms with E-state index in [2.05, 4.69) is 4.98 Å². The molecule has 94 valence electrons. The van der Waals surface area contributed by atoms with E-state index >= 15 is 0 Å². The van der Waals surface area contributed by atoms with E-state index in [4.69, 9.17) is 11.5 Å². The molecule has 1 atom stereocenters. The number of hydrogen-bond acceptors (Lipinski definition) is 5. The molecule has 0 saturated carbocycles. The Kier molecular flexibility index (Phi) is 4.59. The lowest BCUT2D eigenvalue weighted by molar-refractivity contribution is -0.134. The molecule has 4 N–H and O–H groups in total. The first kappa shape index (κ1) is 13.6. The summed E-state index contributed by atoms with van der Waals surface area (Å²) in [5.74, 6) is -0.891. The first-order valence-corrected chi connectivity index (χ1v) is 5.98. The molecule has 0 spiro atoms. The van der Waals surface area contributed by atoms with Crippen molar-refractivity contribution in [3.05, 3.63) is 16.1 Å². The second-order valence-electron chi connectivity index (χ2n) is 3.83. The number of carbonyl (C=O) groups is 2. The van der Waals surface area contributed by atoms with E-state index in [1.165, 1.54) is 16.2 Å². The highest BCUT2D eigenvalue weighted by molar-refractivity contribution is 7.09. The van der Waals surface area contributed by atoms with Gasteiger partial charge in [0.25, 0.3) is 0 Å². The lowest BCUT2D eigenvalue weighted by atomic mass is 10.2. The Bertz CT molecular complexity index is 418. The fourth-order valence-corrected chi connectivity index (χ4v) is 1.99. The Labute approximate surface area is 104 Å². The minimum absolute atomic E-state index is 0.140. The van der Waals surface area contributed by atoms with Gasteiger partial charge in [-0.25, -0.2) is 4.98 Å². The monoisotopic (exact) mass is 256 g/mol. The van der Waals surface area contributed by atoms with Gasteiger partial charge < -0.3 is 16.4 Å². The highest BCUT2D eigenvalue weighted by atomic mass is 32.1. The average Bonchev–Trinajstić information content (AvgIpc) is 2.61. The molecule has 0 bridgehead atoms. The average molecular weight is 256 g/mol. The van der Waals surface area contributed by atoms with Gasteiger partial charge in [-0.1, -0.05) is 0 Å². The Hall–Kier alpha value is -1.47. The van der Waals surface area contributed by atoms with E-state index < -0.39 is 11.9 Å². The normalized spacial score (nSPS) is 12.2. The van der Waals surface area contributed by atoms with E-state index in [0.717, 1.165) is 10.7 Å². The zero-order chi connectivity index (χ0) is 13.0. The quantitative estimate of drug-likeness (QED) is 0.749. The zero-order valence-corrected chi connectivity index (χ0v) is 10.7. The number of likely N-dealkylation sites (N-methyl/N-ethyl adjacent to an activating group) is 1. The Morgan fingerprint density at radius 2 is 2.24 bits per heavy atom. The second kappa shape index (κ2) is 5.74. The van der Waals surface area contributed by atoms with Crippen LogP contribution in [0.15, 0.2) is 5.38 Å². The number of nitrogens with two attached hydrogens (primary N) is 2. The van der Waals surface area contributed by atoms with E-state index in [-0.39, 0.29) is 12.3 Å². The van der Waals surface area contributed by atoms with Crippen LogP contribution in [0.5, 0.6) is 0 Å². The van der Waals surface area contributed by atoms with Crippen molar-refractivity contribution in [2.24, 2.45) is 11.5 Å². The second-order valence-corrected chi connectivity index (χ2v) is 4.89. The number of amides is 2. The molecule has 0 radical (unpaired) electrons. The van der Waals surface area contributed by atoms with Gasteiger partial charge in [0.05, 0.1) is 29.7 Å². The van der Waals surface area contributed by atoms with Gasteiger partial charge in [0.2, 0.25) is 11.8 Å². The SMILES string of the molecule is Cc1nc(CN(C)C(=O)C(N)CC(N)=O)cs1. The topological polar surface area (TPSA) is 102 Å². The van der Waals surface area contributed by atoms with Crippen LogP contribution in [-0.4, -0.2) is 34.8 Å². The molecule has 7 heteroatoms. The molecule has 0 aliphatic rings. The van der Waals surface area contributed by atoms with Gasteiger partial charge in [0.15, 0.2) is 0 Å². The number of rotatable bonds is 5. The third kappa shape index (κ3) is 4.12. The summed E-state index contributed by atoms with van der Waals surface area (Å²) in [7, 11) is 1.62. The summed E-state index contributed by atoms with van der Waals surface area (Å²) >= 11 is 1.52. The summed E-state index contributed by atoms with van der Waals surface area (Å²) in [6, 6.07) is -0.878. The standard InChI is InChI=1S/C10H16N4O2S/c1-6-13-7(5-17-6)4-14(2)10(16)8(11)3-9(12)15/h5,8H,3-4,11H2,1-2H3,(H2,12,15). The number of aryl methyl sites for hydroxylation is 1. The van der Waals surface area contributed by atoms with Gasteiger partial charge in [0, 0.05) is 12.4 Å². The Morgan fingerprint density at radius 3 is 2.71 bits per heavy atom. The van der Waals surface area contributed by atoms with Crippen LogP contribution in [0, 0.1) is 6.92 Å². The van der Waals surface area contributed by atoms with Crippen molar-refractivity contribution in [3.8, 4) is 0 Å². The van der Waals surface area contributed by atoms with Crippen LogP contribution < -0.4 is 11.5 Å². The summed E-state index contributed by atoms with van der Waals surface area (Å²) in [6.45, 7) is 2.28. The third-order valence-corrected chi connectivity index (χ3v) is 3.00. The van der Waals surface area contributed by atoms with Crippen molar-refractivity contribution < 1.29 is 9.59 Å². The maximum absolute atomic E-state index is 11.8. The molecule has 1 aromatic rings. The summed E-state index contributed by atoms with van der Waals surface area (Å²) in [5.41, 5.74) is 11.4. The lowest BCUT2D eigenvalue weighted by Gasteiger charge is -2.19. The number of primary amides is 1. The molecular weight excluding hydrogens is 240 g/mol. The first-order valence-electron chi connectivity index (χ1n) is 5.10. The van der Waals surface area contributed by atoms with E-state index in [9.17, 15) is 9.59 Å². The maximum Gasteiger partial charge on any atom is 0.240 e. The molecule has 1 unspecified atom stereocenters. The van der Waals surface area contributed by atoms with Crippen molar-refractivity contribution >= 4 is 23.2 Å². The van der Waals surface area contributed by atoms with Gasteiger partial charge >= 0.3 is 0 Å². The van der Waals surface area contributed by atoms with Crippen LogP contribution >= 0.6 is 11.3 Å². The summed E-state index contributed by atoms with van der Waals surface area (Å²) in [6.07, 6.45) is -0.140. The lowest BCUT2D eigenvalue weighted by Crippen LogP contribution is -2.43. The van der Waals surface area contributed by atoms with Crippen LogP contribution in [0.4, 0.5) is 0 Å². The molecular formula is C10H16N4O2S. The molecule has 0 aliphatic heterocycles. The fraction of sp³-hybridized carbons (Fsp3) is 0.500. The van der Waals surface area contributed by atoms with Crippen molar-refractivity contribution in [2.45, 2.75) is 25.9 Å². The predicted octanol–water partition coefficient (Wildman–Crippen LogP) is -0.387. The van der Waals surface area contributed by atoms with Crippen LogP contribution in [0.2, 0.25) is 0 Å². The van der Waals surface area contributed by atoms with Gasteiger partial charge in [-0.05, 0) is 6.92 Å². The minimum Gasteiger partial charge on any atom is -0.370 e. The van der Waals surface area contributed by atoms with Crippen molar-refractivity contribution in [3.63, 3.8) is 0 Å². The highest BCUT2D eigenvalue weighted by Crippen LogP contribution is 2.10. The van der Waals surface area contributed by atoms with Gasteiger partial charge in [0.1, 0.15) is 0 Å².